The third-order valence-electron chi connectivity index (χ3n) is 2.18. The largest absolute Gasteiger partial charge is 0.310 e. The molecule has 0 aliphatic rings. The van der Waals surface area contributed by atoms with Gasteiger partial charge < -0.3 is 10.3 Å². The average Bonchev–Trinajstić information content (AvgIpc) is 2.19. The van der Waals surface area contributed by atoms with Crippen LogP contribution in [0.1, 0.15) is 30.9 Å². The summed E-state index contributed by atoms with van der Waals surface area (Å²) < 4.78 is 0. The van der Waals surface area contributed by atoms with Crippen molar-refractivity contribution >= 4 is 0 Å². The van der Waals surface area contributed by atoms with Gasteiger partial charge in [-0.15, -0.1) is 0 Å². The predicted molar refractivity (Wildman–Crippen MR) is 56.4 cm³/mol. The van der Waals surface area contributed by atoms with Crippen molar-refractivity contribution in [3.05, 3.63) is 27.4 Å². The van der Waals surface area contributed by atoms with Crippen molar-refractivity contribution in [2.45, 2.75) is 33.7 Å². The molecular weight excluding hydrogens is 178 g/mol. The van der Waals surface area contributed by atoms with Gasteiger partial charge in [0.25, 0.3) is 5.56 Å². The van der Waals surface area contributed by atoms with E-state index in [1.165, 1.54) is 0 Å². The van der Waals surface area contributed by atoms with Crippen molar-refractivity contribution in [1.82, 2.24) is 15.3 Å². The molecule has 0 aliphatic carbocycles. The fourth-order valence-electron chi connectivity index (χ4n) is 1.30. The van der Waals surface area contributed by atoms with Crippen molar-refractivity contribution in [2.75, 3.05) is 6.54 Å². The van der Waals surface area contributed by atoms with Gasteiger partial charge in [0.05, 0.1) is 12.2 Å². The van der Waals surface area contributed by atoms with Crippen LogP contribution in [0.25, 0.3) is 0 Å². The monoisotopic (exact) mass is 195 g/mol. The molecule has 0 unspecified atom stereocenters. The van der Waals surface area contributed by atoms with Crippen molar-refractivity contribution in [1.29, 1.82) is 0 Å². The minimum atomic E-state index is -0.0234. The lowest BCUT2D eigenvalue weighted by Gasteiger charge is -2.05. The standard InChI is InChI=1S/C10H17N3O/c1-4-8-7(3)10(14)13-9(12-8)6-11-5-2/h11H,4-6H2,1-3H3,(H,12,13,14). The van der Waals surface area contributed by atoms with E-state index in [1.807, 2.05) is 20.8 Å². The summed E-state index contributed by atoms with van der Waals surface area (Å²) in [4.78, 5) is 18.6. The Balaban J connectivity index is 2.98. The molecule has 1 aromatic heterocycles. The van der Waals surface area contributed by atoms with Crippen LogP contribution in [0.5, 0.6) is 0 Å². The summed E-state index contributed by atoms with van der Waals surface area (Å²) in [6, 6.07) is 0. The summed E-state index contributed by atoms with van der Waals surface area (Å²) in [6.45, 7) is 7.33. The molecule has 0 saturated heterocycles. The molecule has 1 aromatic rings. The number of nitrogens with zero attached hydrogens (tertiary/aromatic N) is 1. The summed E-state index contributed by atoms with van der Waals surface area (Å²) in [6.07, 6.45) is 0.800. The van der Waals surface area contributed by atoms with E-state index in [9.17, 15) is 4.79 Å². The van der Waals surface area contributed by atoms with Gasteiger partial charge in [-0.25, -0.2) is 4.98 Å². The molecule has 0 aromatic carbocycles. The Bertz CT molecular complexity index is 357. The zero-order valence-electron chi connectivity index (χ0n) is 8.98. The van der Waals surface area contributed by atoms with E-state index in [0.29, 0.717) is 6.54 Å². The Morgan fingerprint density at radius 1 is 1.43 bits per heavy atom. The van der Waals surface area contributed by atoms with Gasteiger partial charge in [0.2, 0.25) is 0 Å². The molecule has 0 aliphatic heterocycles. The fourth-order valence-corrected chi connectivity index (χ4v) is 1.30. The SMILES string of the molecule is CCNCc1nc(CC)c(C)c(=O)[nH]1. The van der Waals surface area contributed by atoms with Crippen molar-refractivity contribution in [3.8, 4) is 0 Å². The Kier molecular flexibility index (Phi) is 3.83. The second kappa shape index (κ2) is 4.91. The molecule has 4 nitrogen and oxygen atoms in total. The third-order valence-corrected chi connectivity index (χ3v) is 2.18. The van der Waals surface area contributed by atoms with E-state index >= 15 is 0 Å². The zero-order chi connectivity index (χ0) is 10.6. The van der Waals surface area contributed by atoms with Gasteiger partial charge in [0, 0.05) is 5.56 Å². The van der Waals surface area contributed by atoms with Crippen molar-refractivity contribution in [2.24, 2.45) is 0 Å². The number of aryl methyl sites for hydroxylation is 1. The maximum absolute atomic E-state index is 11.5. The molecule has 14 heavy (non-hydrogen) atoms. The van der Waals surface area contributed by atoms with E-state index in [-0.39, 0.29) is 5.56 Å². The van der Waals surface area contributed by atoms with Crippen LogP contribution in [0, 0.1) is 6.92 Å². The van der Waals surface area contributed by atoms with Gasteiger partial charge >= 0.3 is 0 Å². The van der Waals surface area contributed by atoms with Gasteiger partial charge in [-0.2, -0.15) is 0 Å². The number of aromatic amines is 1. The lowest BCUT2D eigenvalue weighted by atomic mass is 10.2. The van der Waals surface area contributed by atoms with Gasteiger partial charge in [-0.1, -0.05) is 13.8 Å². The molecule has 0 bridgehead atoms. The highest BCUT2D eigenvalue weighted by atomic mass is 16.1. The highest BCUT2D eigenvalue weighted by Gasteiger charge is 2.04. The molecule has 1 heterocycles. The Morgan fingerprint density at radius 2 is 2.14 bits per heavy atom. The third kappa shape index (κ3) is 2.42. The minimum Gasteiger partial charge on any atom is -0.310 e. The Hall–Kier alpha value is -1.16. The van der Waals surface area contributed by atoms with E-state index < -0.39 is 0 Å². The van der Waals surface area contributed by atoms with Crippen LogP contribution in [0.3, 0.4) is 0 Å². The smallest absolute Gasteiger partial charge is 0.254 e. The summed E-state index contributed by atoms with van der Waals surface area (Å²) in [5.41, 5.74) is 1.60. The van der Waals surface area contributed by atoms with Crippen LogP contribution in [0.4, 0.5) is 0 Å². The summed E-state index contributed by atoms with van der Waals surface area (Å²) in [7, 11) is 0. The maximum Gasteiger partial charge on any atom is 0.254 e. The summed E-state index contributed by atoms with van der Waals surface area (Å²) in [5.74, 6) is 0.722. The summed E-state index contributed by atoms with van der Waals surface area (Å²) in [5, 5.41) is 3.13. The maximum atomic E-state index is 11.5. The zero-order valence-corrected chi connectivity index (χ0v) is 8.98. The molecule has 2 N–H and O–H groups in total. The van der Waals surface area contributed by atoms with Crippen LogP contribution in [-0.2, 0) is 13.0 Å². The van der Waals surface area contributed by atoms with Crippen LogP contribution >= 0.6 is 0 Å². The number of H-pyrrole nitrogens is 1. The van der Waals surface area contributed by atoms with E-state index in [0.717, 1.165) is 30.0 Å². The lowest BCUT2D eigenvalue weighted by molar-refractivity contribution is 0.679. The second-order valence-corrected chi connectivity index (χ2v) is 3.22. The van der Waals surface area contributed by atoms with Crippen LogP contribution in [0.15, 0.2) is 4.79 Å². The first-order valence-electron chi connectivity index (χ1n) is 4.98. The minimum absolute atomic E-state index is 0.0234. The first-order valence-corrected chi connectivity index (χ1v) is 4.98. The van der Waals surface area contributed by atoms with Gasteiger partial charge in [-0.3, -0.25) is 4.79 Å². The fraction of sp³-hybridized carbons (Fsp3) is 0.600. The van der Waals surface area contributed by atoms with Gasteiger partial charge in [0.15, 0.2) is 0 Å². The van der Waals surface area contributed by atoms with Crippen LogP contribution in [0.2, 0.25) is 0 Å². The number of hydrogen-bond donors (Lipinski definition) is 2. The Morgan fingerprint density at radius 3 is 2.71 bits per heavy atom. The molecule has 0 fully saturated rings. The summed E-state index contributed by atoms with van der Waals surface area (Å²) >= 11 is 0. The second-order valence-electron chi connectivity index (χ2n) is 3.22. The van der Waals surface area contributed by atoms with Crippen LogP contribution < -0.4 is 10.9 Å². The average molecular weight is 195 g/mol. The topological polar surface area (TPSA) is 57.8 Å². The number of aromatic nitrogens is 2. The molecule has 0 atom stereocenters. The van der Waals surface area contributed by atoms with Gasteiger partial charge in [0.1, 0.15) is 5.82 Å². The molecule has 78 valence electrons. The van der Waals surface area contributed by atoms with E-state index in [2.05, 4.69) is 15.3 Å². The first kappa shape index (κ1) is 10.9. The highest BCUT2D eigenvalue weighted by Crippen LogP contribution is 1.99. The predicted octanol–water partition coefficient (Wildman–Crippen LogP) is 0.750. The van der Waals surface area contributed by atoms with E-state index in [1.54, 1.807) is 0 Å². The lowest BCUT2D eigenvalue weighted by Crippen LogP contribution is -2.22. The molecule has 0 spiro atoms. The van der Waals surface area contributed by atoms with Crippen LogP contribution in [-0.4, -0.2) is 16.5 Å². The molecule has 0 radical (unpaired) electrons. The first-order chi connectivity index (χ1) is 6.69. The molecule has 4 heteroatoms. The number of hydrogen-bond acceptors (Lipinski definition) is 3. The molecule has 0 amide bonds. The van der Waals surface area contributed by atoms with Gasteiger partial charge in [-0.05, 0) is 19.9 Å². The van der Waals surface area contributed by atoms with Crippen molar-refractivity contribution < 1.29 is 0 Å². The normalized spacial score (nSPS) is 10.5. The molecule has 0 saturated carbocycles. The number of rotatable bonds is 4. The van der Waals surface area contributed by atoms with E-state index in [4.69, 9.17) is 0 Å². The molecule has 1 rings (SSSR count). The number of nitrogens with one attached hydrogen (secondary N) is 2. The quantitative estimate of drug-likeness (QED) is 0.745. The molecular formula is C10H17N3O. The Labute approximate surface area is 83.8 Å². The highest BCUT2D eigenvalue weighted by molar-refractivity contribution is 5.15. The van der Waals surface area contributed by atoms with Crippen molar-refractivity contribution in [3.63, 3.8) is 0 Å².